The quantitative estimate of drug-likeness (QED) is 0.440. The Morgan fingerprint density at radius 3 is 2.27 bits per heavy atom. The summed E-state index contributed by atoms with van der Waals surface area (Å²) in [5.41, 5.74) is 4.18. The van der Waals surface area contributed by atoms with E-state index < -0.39 is 45.3 Å². The smallest absolute Gasteiger partial charge is 0.380 e. The fourth-order valence-corrected chi connectivity index (χ4v) is 3.39. The standard InChI is InChI=1S/C10H6BrClF6N2OS/c11-4-1-5(12)6(20-8(19)10(16,17)18)2-7(4)22(21)3-9(13,14)15/h1-2H,3H2,(H2,19,20). The van der Waals surface area contributed by atoms with Crippen molar-refractivity contribution in [1.82, 2.24) is 0 Å². The van der Waals surface area contributed by atoms with Crippen molar-refractivity contribution in [3.63, 3.8) is 0 Å². The fraction of sp³-hybridized carbons (Fsp3) is 0.300. The molecule has 22 heavy (non-hydrogen) atoms. The number of nitrogens with zero attached hydrogens (tertiary/aromatic N) is 1. The maximum Gasteiger partial charge on any atom is 0.448 e. The van der Waals surface area contributed by atoms with E-state index in [1.54, 1.807) is 0 Å². The van der Waals surface area contributed by atoms with E-state index in [4.69, 9.17) is 17.3 Å². The van der Waals surface area contributed by atoms with Gasteiger partial charge in [0.15, 0.2) is 0 Å². The van der Waals surface area contributed by atoms with Gasteiger partial charge in [-0.25, -0.2) is 4.99 Å². The normalized spacial score (nSPS) is 15.0. The van der Waals surface area contributed by atoms with E-state index in [0.717, 1.165) is 12.1 Å². The number of benzene rings is 1. The maximum absolute atomic E-state index is 12.3. The van der Waals surface area contributed by atoms with Crippen LogP contribution < -0.4 is 5.73 Å². The number of alkyl halides is 6. The Morgan fingerprint density at radius 2 is 1.82 bits per heavy atom. The van der Waals surface area contributed by atoms with Crippen LogP contribution in [0.5, 0.6) is 0 Å². The van der Waals surface area contributed by atoms with Gasteiger partial charge in [-0.05, 0) is 28.1 Å². The molecule has 0 aliphatic carbocycles. The molecule has 1 atom stereocenters. The minimum absolute atomic E-state index is 0.0513. The number of nitrogens with two attached hydrogens (primary N) is 1. The van der Waals surface area contributed by atoms with Gasteiger partial charge in [0.05, 0.1) is 26.4 Å². The zero-order valence-electron chi connectivity index (χ0n) is 10.2. The molecule has 1 rings (SSSR count). The van der Waals surface area contributed by atoms with Crippen molar-refractivity contribution in [2.24, 2.45) is 10.7 Å². The van der Waals surface area contributed by atoms with Crippen LogP contribution in [0.4, 0.5) is 32.0 Å². The van der Waals surface area contributed by atoms with Crippen molar-refractivity contribution in [3.05, 3.63) is 21.6 Å². The van der Waals surface area contributed by atoms with Crippen molar-refractivity contribution in [3.8, 4) is 0 Å². The Labute approximate surface area is 136 Å². The third-order valence-corrected chi connectivity index (χ3v) is 4.71. The lowest BCUT2D eigenvalue weighted by Crippen LogP contribution is -2.30. The summed E-state index contributed by atoms with van der Waals surface area (Å²) in [6, 6.07) is 1.75. The Morgan fingerprint density at radius 1 is 1.27 bits per heavy atom. The first-order chi connectivity index (χ1) is 9.81. The second-order valence-electron chi connectivity index (χ2n) is 3.83. The summed E-state index contributed by atoms with van der Waals surface area (Å²) < 4.78 is 85.2. The third-order valence-electron chi connectivity index (χ3n) is 2.07. The van der Waals surface area contributed by atoms with Gasteiger partial charge < -0.3 is 5.73 Å². The van der Waals surface area contributed by atoms with Gasteiger partial charge in [0.25, 0.3) is 0 Å². The van der Waals surface area contributed by atoms with Crippen molar-refractivity contribution in [2.45, 2.75) is 17.2 Å². The van der Waals surface area contributed by atoms with Gasteiger partial charge in [-0.1, -0.05) is 11.6 Å². The van der Waals surface area contributed by atoms with E-state index in [0.29, 0.717) is 0 Å². The van der Waals surface area contributed by atoms with Crippen molar-refractivity contribution >= 4 is 49.9 Å². The summed E-state index contributed by atoms with van der Waals surface area (Å²) in [6.07, 6.45) is -9.64. The molecule has 124 valence electrons. The highest BCUT2D eigenvalue weighted by atomic mass is 79.9. The summed E-state index contributed by atoms with van der Waals surface area (Å²) >= 11 is 8.50. The molecule has 0 fully saturated rings. The van der Waals surface area contributed by atoms with Crippen LogP contribution in [-0.2, 0) is 10.8 Å². The van der Waals surface area contributed by atoms with Gasteiger partial charge in [-0.15, -0.1) is 0 Å². The molecule has 1 aromatic rings. The summed E-state index contributed by atoms with van der Waals surface area (Å²) in [4.78, 5) is 2.62. The first-order valence-corrected chi connectivity index (χ1v) is 7.66. The van der Waals surface area contributed by atoms with Gasteiger partial charge in [0, 0.05) is 4.47 Å². The highest BCUT2D eigenvalue weighted by molar-refractivity contribution is 9.10. The molecule has 0 spiro atoms. The average Bonchev–Trinajstić information content (AvgIpc) is 2.28. The zero-order chi connectivity index (χ0) is 17.3. The van der Waals surface area contributed by atoms with Gasteiger partial charge >= 0.3 is 12.4 Å². The summed E-state index contributed by atoms with van der Waals surface area (Å²) in [7, 11) is -2.54. The Hall–Kier alpha value is -0.810. The van der Waals surface area contributed by atoms with Crippen molar-refractivity contribution < 1.29 is 30.6 Å². The van der Waals surface area contributed by atoms with E-state index >= 15 is 0 Å². The molecule has 0 aliphatic rings. The Bertz CT molecular complexity index is 631. The highest BCUT2D eigenvalue weighted by Crippen LogP contribution is 2.35. The van der Waals surface area contributed by atoms with Crippen molar-refractivity contribution in [1.29, 1.82) is 0 Å². The molecule has 1 unspecified atom stereocenters. The first-order valence-electron chi connectivity index (χ1n) is 5.17. The number of amidine groups is 1. The van der Waals surface area contributed by atoms with Crippen LogP contribution in [0.15, 0.2) is 26.5 Å². The van der Waals surface area contributed by atoms with Crippen LogP contribution in [0.2, 0.25) is 5.02 Å². The lowest BCUT2D eigenvalue weighted by Gasteiger charge is -2.11. The van der Waals surface area contributed by atoms with E-state index in [2.05, 4.69) is 20.9 Å². The van der Waals surface area contributed by atoms with E-state index in [-0.39, 0.29) is 9.50 Å². The zero-order valence-corrected chi connectivity index (χ0v) is 13.4. The summed E-state index contributed by atoms with van der Waals surface area (Å²) in [6.45, 7) is 0. The number of hydrogen-bond acceptors (Lipinski definition) is 2. The first kappa shape index (κ1) is 19.2. The molecular weight excluding hydrogens is 426 g/mol. The lowest BCUT2D eigenvalue weighted by molar-refractivity contribution is -0.105. The lowest BCUT2D eigenvalue weighted by atomic mass is 10.3. The molecule has 12 heteroatoms. The van der Waals surface area contributed by atoms with Crippen molar-refractivity contribution in [2.75, 3.05) is 5.75 Å². The van der Waals surface area contributed by atoms with Crippen LogP contribution in [0, 0.1) is 0 Å². The Balaban J connectivity index is 3.29. The molecule has 3 nitrogen and oxygen atoms in total. The fourth-order valence-electron chi connectivity index (χ4n) is 1.20. The molecule has 0 aliphatic heterocycles. The maximum atomic E-state index is 12.3. The van der Waals surface area contributed by atoms with Crippen LogP contribution in [0.25, 0.3) is 0 Å². The predicted octanol–water partition coefficient (Wildman–Crippen LogP) is 4.32. The predicted molar refractivity (Wildman–Crippen MR) is 73.8 cm³/mol. The topological polar surface area (TPSA) is 55.4 Å². The van der Waals surface area contributed by atoms with Crippen LogP contribution in [-0.4, -0.2) is 28.1 Å². The second-order valence-corrected chi connectivity index (χ2v) is 6.51. The molecule has 1 aromatic carbocycles. The van der Waals surface area contributed by atoms with Gasteiger partial charge in [0.1, 0.15) is 5.75 Å². The minimum Gasteiger partial charge on any atom is -0.380 e. The molecule has 0 radical (unpaired) electrons. The van der Waals surface area contributed by atoms with Gasteiger partial charge in [-0.3, -0.25) is 4.21 Å². The average molecular weight is 432 g/mol. The second kappa shape index (κ2) is 6.75. The third kappa shape index (κ3) is 5.43. The monoisotopic (exact) mass is 430 g/mol. The molecule has 0 aromatic heterocycles. The number of hydrogen-bond donors (Lipinski definition) is 1. The molecule has 0 saturated carbocycles. The summed E-state index contributed by atoms with van der Waals surface area (Å²) in [5, 5.41) is -0.299. The van der Waals surface area contributed by atoms with Crippen LogP contribution in [0.1, 0.15) is 0 Å². The molecule has 2 N–H and O–H groups in total. The van der Waals surface area contributed by atoms with Gasteiger partial charge in [0.2, 0.25) is 5.84 Å². The number of halogens is 8. The van der Waals surface area contributed by atoms with Crippen LogP contribution in [0.3, 0.4) is 0 Å². The number of aliphatic imine (C=N–C) groups is 1. The summed E-state index contributed by atoms with van der Waals surface area (Å²) in [5.74, 6) is -3.39. The van der Waals surface area contributed by atoms with Gasteiger partial charge in [-0.2, -0.15) is 26.3 Å². The molecule has 0 amide bonds. The van der Waals surface area contributed by atoms with E-state index in [1.807, 2.05) is 0 Å². The largest absolute Gasteiger partial charge is 0.448 e. The molecule has 0 bridgehead atoms. The minimum atomic E-state index is -4.93. The van der Waals surface area contributed by atoms with E-state index in [9.17, 15) is 30.6 Å². The van der Waals surface area contributed by atoms with Crippen LogP contribution >= 0.6 is 27.5 Å². The molecule has 0 heterocycles. The SMILES string of the molecule is NC(=Nc1cc(S(=O)CC(F)(F)F)c(Br)cc1Cl)C(F)(F)F. The van der Waals surface area contributed by atoms with E-state index in [1.165, 1.54) is 0 Å². The molecular formula is C10H6BrClF6N2OS. The molecule has 0 saturated heterocycles. The Kier molecular flexibility index (Phi) is 5.90. The highest BCUT2D eigenvalue weighted by Gasteiger charge is 2.34. The number of rotatable bonds is 3.